The molecule has 0 bridgehead atoms. The summed E-state index contributed by atoms with van der Waals surface area (Å²) >= 11 is 0. The Morgan fingerprint density at radius 2 is 0.970 bits per heavy atom. The van der Waals surface area contributed by atoms with Crippen molar-refractivity contribution in [2.24, 2.45) is 0 Å². The molecule has 0 aliphatic rings. The first-order valence-corrected chi connectivity index (χ1v) is 9.96. The Morgan fingerprint density at radius 1 is 0.545 bits per heavy atom. The highest BCUT2D eigenvalue weighted by molar-refractivity contribution is 5.69. The van der Waals surface area contributed by atoms with Crippen LogP contribution in [0.25, 0.3) is 0 Å². The third-order valence-electron chi connectivity index (χ3n) is 4.71. The van der Waals surface area contributed by atoms with Crippen LogP contribution in [0.4, 0.5) is 23.1 Å². The molecule has 1 aromatic heterocycles. The van der Waals surface area contributed by atoms with Crippen LogP contribution in [0.2, 0.25) is 0 Å². The predicted molar refractivity (Wildman–Crippen MR) is 126 cm³/mol. The summed E-state index contributed by atoms with van der Waals surface area (Å²) in [5.41, 5.74) is 2.14. The van der Waals surface area contributed by atoms with Crippen LogP contribution < -0.4 is 39.1 Å². The lowest BCUT2D eigenvalue weighted by Crippen LogP contribution is -2.04. The van der Waals surface area contributed by atoms with Crippen LogP contribution in [0.3, 0.4) is 0 Å². The summed E-state index contributed by atoms with van der Waals surface area (Å²) in [5, 5.41) is 6.45. The SMILES string of the molecule is COc1cc(Nc2cc(C)nc(Nc3cc(OC)c(OC)c(OC)c3)n2)cc(OC)c1OC. The molecule has 0 unspecified atom stereocenters. The van der Waals surface area contributed by atoms with Gasteiger partial charge in [0, 0.05) is 47.4 Å². The molecule has 10 nitrogen and oxygen atoms in total. The Kier molecular flexibility index (Phi) is 7.50. The number of methoxy groups -OCH3 is 6. The van der Waals surface area contributed by atoms with E-state index in [9.17, 15) is 0 Å². The summed E-state index contributed by atoms with van der Waals surface area (Å²) in [5.74, 6) is 4.06. The molecule has 2 N–H and O–H groups in total. The van der Waals surface area contributed by atoms with Crippen LogP contribution in [-0.4, -0.2) is 52.6 Å². The Balaban J connectivity index is 1.93. The van der Waals surface area contributed by atoms with E-state index in [2.05, 4.69) is 20.6 Å². The lowest BCUT2D eigenvalue weighted by atomic mass is 10.2. The van der Waals surface area contributed by atoms with Crippen LogP contribution >= 0.6 is 0 Å². The van der Waals surface area contributed by atoms with Crippen molar-refractivity contribution in [2.45, 2.75) is 6.92 Å². The number of rotatable bonds is 10. The number of nitrogens with zero attached hydrogens (tertiary/aromatic N) is 2. The maximum absolute atomic E-state index is 5.42. The monoisotopic (exact) mass is 456 g/mol. The topological polar surface area (TPSA) is 105 Å². The van der Waals surface area contributed by atoms with Gasteiger partial charge in [0.1, 0.15) is 5.82 Å². The number of anilines is 4. The molecule has 0 fully saturated rings. The summed E-state index contributed by atoms with van der Waals surface area (Å²) in [6.45, 7) is 1.88. The van der Waals surface area contributed by atoms with Gasteiger partial charge < -0.3 is 39.1 Å². The van der Waals surface area contributed by atoms with Crippen molar-refractivity contribution in [3.63, 3.8) is 0 Å². The first-order chi connectivity index (χ1) is 16.0. The Labute approximate surface area is 192 Å². The van der Waals surface area contributed by atoms with Gasteiger partial charge in [-0.1, -0.05) is 0 Å². The van der Waals surface area contributed by atoms with E-state index >= 15 is 0 Å². The van der Waals surface area contributed by atoms with Gasteiger partial charge in [-0.05, 0) is 6.92 Å². The van der Waals surface area contributed by atoms with Crippen molar-refractivity contribution in [3.05, 3.63) is 36.0 Å². The molecule has 0 aliphatic heterocycles. The fourth-order valence-corrected chi connectivity index (χ4v) is 3.27. The van der Waals surface area contributed by atoms with Crippen molar-refractivity contribution in [2.75, 3.05) is 53.3 Å². The Hall–Kier alpha value is -4.08. The number of aromatic nitrogens is 2. The molecule has 0 atom stereocenters. The first kappa shape index (κ1) is 23.6. The quantitative estimate of drug-likeness (QED) is 0.458. The van der Waals surface area contributed by atoms with E-state index in [0.717, 1.165) is 5.69 Å². The van der Waals surface area contributed by atoms with E-state index in [4.69, 9.17) is 28.4 Å². The number of ether oxygens (including phenoxy) is 6. The average molecular weight is 456 g/mol. The minimum absolute atomic E-state index is 0.388. The highest BCUT2D eigenvalue weighted by Crippen LogP contribution is 2.41. The van der Waals surface area contributed by atoms with Crippen molar-refractivity contribution < 1.29 is 28.4 Å². The zero-order chi connectivity index (χ0) is 24.0. The molecule has 0 radical (unpaired) electrons. The summed E-state index contributed by atoms with van der Waals surface area (Å²) in [4.78, 5) is 9.05. The van der Waals surface area contributed by atoms with Gasteiger partial charge >= 0.3 is 0 Å². The van der Waals surface area contributed by atoms with Gasteiger partial charge in [-0.3, -0.25) is 0 Å². The van der Waals surface area contributed by atoms with E-state index < -0.39 is 0 Å². The second-order valence-corrected chi connectivity index (χ2v) is 6.80. The fraction of sp³-hybridized carbons (Fsp3) is 0.304. The third kappa shape index (κ3) is 5.22. The van der Waals surface area contributed by atoms with E-state index in [1.807, 2.05) is 13.0 Å². The van der Waals surface area contributed by atoms with Gasteiger partial charge in [0.25, 0.3) is 0 Å². The highest BCUT2D eigenvalue weighted by Gasteiger charge is 2.16. The third-order valence-corrected chi connectivity index (χ3v) is 4.71. The molecule has 1 heterocycles. The summed E-state index contributed by atoms with van der Waals surface area (Å²) in [6, 6.07) is 8.97. The van der Waals surface area contributed by atoms with Crippen LogP contribution in [0.15, 0.2) is 30.3 Å². The predicted octanol–water partition coefficient (Wildman–Crippen LogP) is 4.32. The zero-order valence-electron chi connectivity index (χ0n) is 19.7. The first-order valence-electron chi connectivity index (χ1n) is 9.96. The van der Waals surface area contributed by atoms with Crippen LogP contribution in [-0.2, 0) is 0 Å². The van der Waals surface area contributed by atoms with Crippen molar-refractivity contribution >= 4 is 23.1 Å². The molecule has 0 saturated heterocycles. The number of hydrogen-bond acceptors (Lipinski definition) is 10. The second kappa shape index (κ2) is 10.5. The maximum Gasteiger partial charge on any atom is 0.229 e. The molecule has 176 valence electrons. The van der Waals surface area contributed by atoms with Gasteiger partial charge in [-0.2, -0.15) is 4.98 Å². The van der Waals surface area contributed by atoms with Gasteiger partial charge in [0.2, 0.25) is 17.4 Å². The lowest BCUT2D eigenvalue weighted by molar-refractivity contribution is 0.324. The summed E-state index contributed by atoms with van der Waals surface area (Å²) in [6.07, 6.45) is 0. The number of nitrogens with one attached hydrogen (secondary N) is 2. The summed E-state index contributed by atoms with van der Waals surface area (Å²) < 4.78 is 32.4. The number of benzene rings is 2. The van der Waals surface area contributed by atoms with Crippen LogP contribution in [0, 0.1) is 6.92 Å². The van der Waals surface area contributed by atoms with Gasteiger partial charge in [0.15, 0.2) is 23.0 Å². The molecular formula is C23H28N4O6. The molecule has 3 aromatic rings. The molecule has 2 aromatic carbocycles. The average Bonchev–Trinajstić information content (AvgIpc) is 2.82. The molecule has 0 saturated carbocycles. The minimum Gasteiger partial charge on any atom is -0.493 e. The fourth-order valence-electron chi connectivity index (χ4n) is 3.27. The highest BCUT2D eigenvalue weighted by atomic mass is 16.5. The van der Waals surface area contributed by atoms with Crippen molar-refractivity contribution in [1.29, 1.82) is 0 Å². The maximum atomic E-state index is 5.42. The van der Waals surface area contributed by atoms with E-state index in [0.29, 0.717) is 57.6 Å². The lowest BCUT2D eigenvalue weighted by Gasteiger charge is -2.16. The molecule has 0 spiro atoms. The van der Waals surface area contributed by atoms with Crippen molar-refractivity contribution in [1.82, 2.24) is 9.97 Å². The van der Waals surface area contributed by atoms with Gasteiger partial charge in [-0.15, -0.1) is 0 Å². The Bertz CT molecular complexity index is 988. The largest absolute Gasteiger partial charge is 0.493 e. The molecule has 10 heteroatoms. The standard InChI is InChI=1S/C23H28N4O6/c1-13-8-20(25-14-9-16(28-2)21(32-6)17(10-14)29-3)27-23(24-13)26-15-11-18(30-4)22(33-7)19(12-15)31-5/h8-12H,1-7H3,(H2,24,25,26,27). The molecule has 33 heavy (non-hydrogen) atoms. The number of hydrogen-bond donors (Lipinski definition) is 2. The van der Waals surface area contributed by atoms with Gasteiger partial charge in [0.05, 0.1) is 42.7 Å². The number of aryl methyl sites for hydroxylation is 1. The normalized spacial score (nSPS) is 10.3. The van der Waals surface area contributed by atoms with Crippen molar-refractivity contribution in [3.8, 4) is 34.5 Å². The van der Waals surface area contributed by atoms with E-state index in [-0.39, 0.29) is 0 Å². The van der Waals surface area contributed by atoms with Crippen LogP contribution in [0.5, 0.6) is 34.5 Å². The molecule has 3 rings (SSSR count). The second-order valence-electron chi connectivity index (χ2n) is 6.80. The zero-order valence-corrected chi connectivity index (χ0v) is 19.7. The van der Waals surface area contributed by atoms with Gasteiger partial charge in [-0.25, -0.2) is 4.98 Å². The van der Waals surface area contributed by atoms with Crippen LogP contribution in [0.1, 0.15) is 5.69 Å². The molecule has 0 amide bonds. The molecular weight excluding hydrogens is 428 g/mol. The smallest absolute Gasteiger partial charge is 0.229 e. The van der Waals surface area contributed by atoms with E-state index in [1.165, 1.54) is 0 Å². The summed E-state index contributed by atoms with van der Waals surface area (Å²) in [7, 11) is 9.36. The molecule has 0 aliphatic carbocycles. The Morgan fingerprint density at radius 3 is 1.36 bits per heavy atom. The van der Waals surface area contributed by atoms with E-state index in [1.54, 1.807) is 66.9 Å². The minimum atomic E-state index is 0.388.